The Bertz CT molecular complexity index is 2070. The van der Waals surface area contributed by atoms with Crippen LogP contribution in [0.2, 0.25) is 0 Å². The summed E-state index contributed by atoms with van der Waals surface area (Å²) in [4.78, 5) is 12.0. The van der Waals surface area contributed by atoms with Crippen LogP contribution in [0.15, 0.2) is 156 Å². The molecule has 7 aromatic rings. The Hall–Kier alpha value is -4.50. The van der Waals surface area contributed by atoms with E-state index in [0.29, 0.717) is 11.5 Å². The molecule has 0 saturated carbocycles. The van der Waals surface area contributed by atoms with Gasteiger partial charge in [0.25, 0.3) is 0 Å². The van der Waals surface area contributed by atoms with E-state index in [0.717, 1.165) is 33.3 Å². The second kappa shape index (κ2) is 11.9. The third-order valence-electron chi connectivity index (χ3n) is 7.92. The number of hydrogen-bond acceptors (Lipinski definition) is 4. The van der Waals surface area contributed by atoms with Crippen molar-refractivity contribution in [3.05, 3.63) is 180 Å². The predicted octanol–water partition coefficient (Wildman–Crippen LogP) is 9.53. The fraction of sp³-hybridized carbons (Fsp3) is 0.0256. The molecule has 5 heteroatoms. The SMILES string of the molecule is [Pt+2].[c-]1c(Oc2[c-]c(C3(c4ccccn4)c4ccccc4Sc4ccccc43)ccc2)cccc1-c1cc2ccccc2cn1. The molecule has 0 N–H and O–H groups in total. The molecule has 0 amide bonds. The number of fused-ring (bicyclic) bond motifs is 3. The number of nitrogens with zero attached hydrogens (tertiary/aromatic N) is 2. The molecule has 3 heterocycles. The van der Waals surface area contributed by atoms with Crippen LogP contribution in [0.4, 0.5) is 0 Å². The van der Waals surface area contributed by atoms with E-state index in [1.807, 2.05) is 60.9 Å². The van der Waals surface area contributed by atoms with Crippen LogP contribution in [0.25, 0.3) is 22.0 Å². The summed E-state index contributed by atoms with van der Waals surface area (Å²) < 4.78 is 6.45. The van der Waals surface area contributed by atoms with Crippen molar-refractivity contribution in [3.8, 4) is 22.8 Å². The summed E-state index contributed by atoms with van der Waals surface area (Å²) in [6, 6.07) is 52.7. The normalized spacial score (nSPS) is 12.9. The molecular formula is C39H24N2OPtS. The van der Waals surface area contributed by atoms with Crippen LogP contribution in [0.3, 0.4) is 0 Å². The van der Waals surface area contributed by atoms with Crippen LogP contribution >= 0.6 is 11.8 Å². The molecule has 8 rings (SSSR count). The molecule has 44 heavy (non-hydrogen) atoms. The largest absolute Gasteiger partial charge is 2.00 e. The zero-order valence-electron chi connectivity index (χ0n) is 23.4. The fourth-order valence-corrected chi connectivity index (χ4v) is 7.21. The van der Waals surface area contributed by atoms with Crippen molar-refractivity contribution in [1.82, 2.24) is 9.97 Å². The van der Waals surface area contributed by atoms with Crippen molar-refractivity contribution in [1.29, 1.82) is 0 Å². The Morgan fingerprint density at radius 3 is 2.00 bits per heavy atom. The molecule has 0 radical (unpaired) electrons. The van der Waals surface area contributed by atoms with E-state index in [1.165, 1.54) is 20.9 Å². The molecule has 0 bridgehead atoms. The van der Waals surface area contributed by atoms with Crippen LogP contribution in [0.1, 0.15) is 22.4 Å². The molecule has 0 spiro atoms. The van der Waals surface area contributed by atoms with Gasteiger partial charge < -0.3 is 9.72 Å². The van der Waals surface area contributed by atoms with Gasteiger partial charge in [-0.3, -0.25) is 4.98 Å². The number of pyridine rings is 2. The van der Waals surface area contributed by atoms with Crippen molar-refractivity contribution in [2.75, 3.05) is 0 Å². The van der Waals surface area contributed by atoms with E-state index in [4.69, 9.17) is 9.72 Å². The summed E-state index contributed by atoms with van der Waals surface area (Å²) in [6.45, 7) is 0. The molecule has 1 aliphatic rings. The Morgan fingerprint density at radius 2 is 1.25 bits per heavy atom. The number of hydrogen-bond donors (Lipinski definition) is 0. The van der Waals surface area contributed by atoms with Gasteiger partial charge in [-0.1, -0.05) is 90.6 Å². The Kier molecular flexibility index (Phi) is 7.64. The minimum atomic E-state index is -0.667. The topological polar surface area (TPSA) is 35.0 Å². The summed E-state index contributed by atoms with van der Waals surface area (Å²) >= 11 is 1.80. The van der Waals surface area contributed by atoms with Gasteiger partial charge in [-0.15, -0.1) is 41.5 Å². The van der Waals surface area contributed by atoms with Crippen molar-refractivity contribution in [2.45, 2.75) is 15.2 Å². The smallest absolute Gasteiger partial charge is 0.503 e. The second-order valence-corrected chi connectivity index (χ2v) is 11.5. The molecule has 0 atom stereocenters. The molecule has 1 aliphatic heterocycles. The number of aromatic nitrogens is 2. The van der Waals surface area contributed by atoms with Gasteiger partial charge in [0.2, 0.25) is 0 Å². The average Bonchev–Trinajstić information content (AvgIpc) is 3.07. The van der Waals surface area contributed by atoms with Crippen molar-refractivity contribution in [3.63, 3.8) is 0 Å². The molecule has 0 fully saturated rings. The summed E-state index contributed by atoms with van der Waals surface area (Å²) in [7, 11) is 0. The summed E-state index contributed by atoms with van der Waals surface area (Å²) in [5.41, 5.74) is 5.33. The van der Waals surface area contributed by atoms with E-state index in [9.17, 15) is 0 Å². The van der Waals surface area contributed by atoms with Gasteiger partial charge in [-0.25, -0.2) is 0 Å². The van der Waals surface area contributed by atoms with Gasteiger partial charge >= 0.3 is 21.1 Å². The third-order valence-corrected chi connectivity index (χ3v) is 9.07. The molecule has 0 saturated heterocycles. The number of benzene rings is 5. The molecule has 0 aliphatic carbocycles. The van der Waals surface area contributed by atoms with Gasteiger partial charge in [-0.2, -0.15) is 12.1 Å². The molecule has 212 valence electrons. The van der Waals surface area contributed by atoms with Crippen LogP contribution in [-0.4, -0.2) is 9.97 Å². The molecule has 0 unspecified atom stereocenters. The standard InChI is InChI=1S/C39H24N2OS.Pt/c1-2-12-29-26-41-35(24-27(29)11-1)28-13-9-15-31(23-28)42-32-16-10-14-30(25-32)39(38-21-7-8-22-40-38)33-17-3-5-19-36(33)43-37-20-6-4-18-34(37)39;/h1-22,24,26H;/q-2;+2. The summed E-state index contributed by atoms with van der Waals surface area (Å²) in [6.07, 6.45) is 3.77. The van der Waals surface area contributed by atoms with Gasteiger partial charge in [0.1, 0.15) is 0 Å². The van der Waals surface area contributed by atoms with E-state index in [-0.39, 0.29) is 21.1 Å². The van der Waals surface area contributed by atoms with Gasteiger partial charge in [0, 0.05) is 33.7 Å². The fourth-order valence-electron chi connectivity index (χ4n) is 6.02. The van der Waals surface area contributed by atoms with Crippen molar-refractivity contribution < 1.29 is 25.8 Å². The number of ether oxygens (including phenoxy) is 1. The van der Waals surface area contributed by atoms with Crippen LogP contribution in [0.5, 0.6) is 11.5 Å². The Morgan fingerprint density at radius 1 is 0.591 bits per heavy atom. The maximum atomic E-state index is 6.45. The van der Waals surface area contributed by atoms with E-state index in [1.54, 1.807) is 11.8 Å². The monoisotopic (exact) mass is 763 g/mol. The van der Waals surface area contributed by atoms with E-state index < -0.39 is 5.41 Å². The second-order valence-electron chi connectivity index (χ2n) is 10.4. The van der Waals surface area contributed by atoms with Gasteiger partial charge in [-0.05, 0) is 51.9 Å². The van der Waals surface area contributed by atoms with Crippen molar-refractivity contribution >= 4 is 22.5 Å². The van der Waals surface area contributed by atoms with Gasteiger partial charge in [0.05, 0.1) is 11.1 Å². The Labute approximate surface area is 275 Å². The van der Waals surface area contributed by atoms with Crippen LogP contribution in [0, 0.1) is 12.1 Å². The average molecular weight is 764 g/mol. The van der Waals surface area contributed by atoms with E-state index in [2.05, 4.69) is 102 Å². The maximum absolute atomic E-state index is 6.45. The van der Waals surface area contributed by atoms with Crippen LogP contribution < -0.4 is 4.74 Å². The first-order valence-corrected chi connectivity index (χ1v) is 15.0. The number of rotatable bonds is 5. The van der Waals surface area contributed by atoms with E-state index >= 15 is 0 Å². The zero-order chi connectivity index (χ0) is 28.6. The zero-order valence-corrected chi connectivity index (χ0v) is 26.5. The Balaban J connectivity index is 0.00000312. The third kappa shape index (κ3) is 4.85. The minimum Gasteiger partial charge on any atom is -0.503 e. The van der Waals surface area contributed by atoms with Gasteiger partial charge in [0.15, 0.2) is 0 Å². The quantitative estimate of drug-likeness (QED) is 0.164. The maximum Gasteiger partial charge on any atom is 2.00 e. The first kappa shape index (κ1) is 28.3. The first-order chi connectivity index (χ1) is 21.3. The first-order valence-electron chi connectivity index (χ1n) is 14.2. The van der Waals surface area contributed by atoms with Crippen molar-refractivity contribution in [2.24, 2.45) is 0 Å². The van der Waals surface area contributed by atoms with Crippen LogP contribution in [-0.2, 0) is 26.5 Å². The summed E-state index contributed by atoms with van der Waals surface area (Å²) in [5.74, 6) is 1.22. The summed E-state index contributed by atoms with van der Waals surface area (Å²) in [5, 5.41) is 2.25. The molecule has 3 nitrogen and oxygen atoms in total. The molecule has 5 aromatic carbocycles. The predicted molar refractivity (Wildman–Crippen MR) is 172 cm³/mol. The molecule has 2 aromatic heterocycles. The molecular weight excluding hydrogens is 740 g/mol. The minimum absolute atomic E-state index is 0.